The minimum Gasteiger partial charge on any atom is -0.357 e. The van der Waals surface area contributed by atoms with Gasteiger partial charge in [-0.2, -0.15) is 0 Å². The van der Waals surface area contributed by atoms with Gasteiger partial charge in [0.1, 0.15) is 0 Å². The lowest BCUT2D eigenvalue weighted by Gasteiger charge is -2.22. The minimum atomic E-state index is -3.47. The lowest BCUT2D eigenvalue weighted by molar-refractivity contribution is 0.477. The van der Waals surface area contributed by atoms with Crippen molar-refractivity contribution in [2.45, 2.75) is 13.5 Å². The SMILES string of the molecule is CCNC(=NCCS(N)(=O)=O)N(C)Cc1ccccc1.I. The molecule has 0 fully saturated rings. The van der Waals surface area contributed by atoms with E-state index < -0.39 is 10.0 Å². The Morgan fingerprint density at radius 3 is 2.48 bits per heavy atom. The van der Waals surface area contributed by atoms with Gasteiger partial charge in [-0.25, -0.2) is 13.6 Å². The van der Waals surface area contributed by atoms with Crippen LogP contribution in [-0.4, -0.2) is 45.2 Å². The number of benzene rings is 1. The number of nitrogens with two attached hydrogens (primary N) is 1. The molecule has 0 heterocycles. The molecule has 0 spiro atoms. The monoisotopic (exact) mass is 426 g/mol. The van der Waals surface area contributed by atoms with Crippen molar-refractivity contribution in [3.05, 3.63) is 35.9 Å². The first-order valence-electron chi connectivity index (χ1n) is 6.46. The van der Waals surface area contributed by atoms with Crippen molar-refractivity contribution >= 4 is 40.0 Å². The van der Waals surface area contributed by atoms with Gasteiger partial charge in [0.15, 0.2) is 5.96 Å². The maximum atomic E-state index is 10.9. The summed E-state index contributed by atoms with van der Waals surface area (Å²) in [7, 11) is -1.56. The molecule has 0 aromatic heterocycles. The Hall–Kier alpha value is -0.870. The van der Waals surface area contributed by atoms with Gasteiger partial charge < -0.3 is 10.2 Å². The molecule has 0 aliphatic rings. The highest BCUT2D eigenvalue weighted by atomic mass is 127. The first kappa shape index (κ1) is 20.1. The van der Waals surface area contributed by atoms with Gasteiger partial charge >= 0.3 is 0 Å². The smallest absolute Gasteiger partial charge is 0.210 e. The van der Waals surface area contributed by atoms with E-state index in [1.165, 1.54) is 0 Å². The van der Waals surface area contributed by atoms with Crippen LogP contribution >= 0.6 is 24.0 Å². The molecular weight excluding hydrogens is 403 g/mol. The second-order valence-corrected chi connectivity index (χ2v) is 6.18. The fourth-order valence-corrected chi connectivity index (χ4v) is 2.03. The number of rotatable bonds is 6. The molecular formula is C13H23IN4O2S. The van der Waals surface area contributed by atoms with Crippen LogP contribution in [0.3, 0.4) is 0 Å². The zero-order chi connectivity index (χ0) is 15.0. The summed E-state index contributed by atoms with van der Waals surface area (Å²) in [4.78, 5) is 6.21. The number of hydrogen-bond donors (Lipinski definition) is 2. The van der Waals surface area contributed by atoms with E-state index in [0.717, 1.165) is 5.56 Å². The van der Waals surface area contributed by atoms with Crippen molar-refractivity contribution in [1.82, 2.24) is 10.2 Å². The third-order valence-electron chi connectivity index (χ3n) is 2.60. The molecule has 8 heteroatoms. The van der Waals surface area contributed by atoms with Gasteiger partial charge in [-0.3, -0.25) is 4.99 Å². The molecule has 0 atom stereocenters. The number of halogens is 1. The largest absolute Gasteiger partial charge is 0.357 e. The zero-order valence-corrected chi connectivity index (χ0v) is 15.5. The summed E-state index contributed by atoms with van der Waals surface area (Å²) < 4.78 is 21.8. The Labute approximate surface area is 143 Å². The lowest BCUT2D eigenvalue weighted by atomic mass is 10.2. The molecule has 0 unspecified atom stereocenters. The van der Waals surface area contributed by atoms with Crippen LogP contribution in [0.2, 0.25) is 0 Å². The summed E-state index contributed by atoms with van der Waals surface area (Å²) >= 11 is 0. The van der Waals surface area contributed by atoms with Crippen LogP contribution in [0.1, 0.15) is 12.5 Å². The Balaban J connectivity index is 0.00000400. The summed E-state index contributed by atoms with van der Waals surface area (Å²) in [5, 5.41) is 8.09. The van der Waals surface area contributed by atoms with Crippen LogP contribution in [0.5, 0.6) is 0 Å². The summed E-state index contributed by atoms with van der Waals surface area (Å²) in [6, 6.07) is 9.99. The second kappa shape index (κ2) is 9.96. The van der Waals surface area contributed by atoms with Crippen LogP contribution in [0.4, 0.5) is 0 Å². The van der Waals surface area contributed by atoms with Gasteiger partial charge in [0.05, 0.1) is 12.3 Å². The van der Waals surface area contributed by atoms with Gasteiger partial charge in [-0.05, 0) is 12.5 Å². The fourth-order valence-electron chi connectivity index (χ4n) is 1.68. The Morgan fingerprint density at radius 2 is 1.95 bits per heavy atom. The third kappa shape index (κ3) is 8.89. The van der Waals surface area contributed by atoms with Crippen molar-refractivity contribution in [1.29, 1.82) is 0 Å². The van der Waals surface area contributed by atoms with E-state index >= 15 is 0 Å². The molecule has 0 amide bonds. The van der Waals surface area contributed by atoms with Crippen molar-refractivity contribution in [3.63, 3.8) is 0 Å². The Kier molecular flexibility index (Phi) is 9.54. The number of guanidine groups is 1. The Bertz CT molecular complexity index is 534. The molecule has 0 bridgehead atoms. The van der Waals surface area contributed by atoms with Crippen LogP contribution in [0, 0.1) is 0 Å². The quantitative estimate of drug-likeness (QED) is 0.404. The van der Waals surface area contributed by atoms with Crippen molar-refractivity contribution in [3.8, 4) is 0 Å². The van der Waals surface area contributed by atoms with E-state index in [1.807, 2.05) is 49.2 Å². The number of nitrogens with zero attached hydrogens (tertiary/aromatic N) is 2. The number of aliphatic imine (C=N–C) groups is 1. The molecule has 0 aliphatic carbocycles. The van der Waals surface area contributed by atoms with E-state index in [-0.39, 0.29) is 36.3 Å². The van der Waals surface area contributed by atoms with E-state index in [9.17, 15) is 8.42 Å². The molecule has 0 saturated carbocycles. The Morgan fingerprint density at radius 1 is 1.33 bits per heavy atom. The van der Waals surface area contributed by atoms with Crippen molar-refractivity contribution < 1.29 is 8.42 Å². The molecule has 21 heavy (non-hydrogen) atoms. The molecule has 1 aromatic carbocycles. The summed E-state index contributed by atoms with van der Waals surface area (Å²) in [6.45, 7) is 3.53. The molecule has 6 nitrogen and oxygen atoms in total. The average Bonchev–Trinajstić information content (AvgIpc) is 2.37. The zero-order valence-electron chi connectivity index (χ0n) is 12.3. The van der Waals surface area contributed by atoms with E-state index in [2.05, 4.69) is 10.3 Å². The predicted octanol–water partition coefficient (Wildman–Crippen LogP) is 0.990. The number of nitrogens with one attached hydrogen (secondary N) is 1. The molecule has 1 rings (SSSR count). The van der Waals surface area contributed by atoms with Crippen LogP contribution in [0.15, 0.2) is 35.3 Å². The predicted molar refractivity (Wildman–Crippen MR) is 97.3 cm³/mol. The molecule has 0 radical (unpaired) electrons. The first-order chi connectivity index (χ1) is 9.42. The van der Waals surface area contributed by atoms with Gasteiger partial charge in [0.25, 0.3) is 0 Å². The summed E-state index contributed by atoms with van der Waals surface area (Å²) in [6.07, 6.45) is 0. The van der Waals surface area contributed by atoms with E-state index in [0.29, 0.717) is 19.0 Å². The fraction of sp³-hybridized carbons (Fsp3) is 0.462. The van der Waals surface area contributed by atoms with Crippen LogP contribution < -0.4 is 10.5 Å². The first-order valence-corrected chi connectivity index (χ1v) is 8.17. The second-order valence-electron chi connectivity index (χ2n) is 4.44. The standard InChI is InChI=1S/C13H22N4O2S.HI/c1-3-15-13(16-9-10-20(14,18)19)17(2)11-12-7-5-4-6-8-12;/h4-8H,3,9-11H2,1-2H3,(H,15,16)(H2,14,18,19);1H. The van der Waals surface area contributed by atoms with E-state index in [1.54, 1.807) is 0 Å². The lowest BCUT2D eigenvalue weighted by Crippen LogP contribution is -2.39. The van der Waals surface area contributed by atoms with Gasteiger partial charge in [0.2, 0.25) is 10.0 Å². The van der Waals surface area contributed by atoms with Crippen LogP contribution in [-0.2, 0) is 16.6 Å². The van der Waals surface area contributed by atoms with Crippen LogP contribution in [0.25, 0.3) is 0 Å². The summed E-state index contributed by atoms with van der Waals surface area (Å²) in [5.41, 5.74) is 1.16. The topological polar surface area (TPSA) is 87.8 Å². The third-order valence-corrected chi connectivity index (χ3v) is 3.35. The average molecular weight is 426 g/mol. The normalized spacial score (nSPS) is 11.7. The molecule has 0 aliphatic heterocycles. The number of hydrogen-bond acceptors (Lipinski definition) is 3. The molecule has 120 valence electrons. The highest BCUT2D eigenvalue weighted by Crippen LogP contribution is 2.02. The molecule has 0 saturated heterocycles. The highest BCUT2D eigenvalue weighted by molar-refractivity contribution is 14.0. The minimum absolute atomic E-state index is 0. The summed E-state index contributed by atoms with van der Waals surface area (Å²) in [5.74, 6) is 0.515. The maximum Gasteiger partial charge on any atom is 0.210 e. The molecule has 1 aromatic rings. The highest BCUT2D eigenvalue weighted by Gasteiger charge is 2.07. The molecule has 3 N–H and O–H groups in total. The van der Waals surface area contributed by atoms with E-state index in [4.69, 9.17) is 5.14 Å². The van der Waals surface area contributed by atoms with Crippen molar-refractivity contribution in [2.75, 3.05) is 25.9 Å². The number of sulfonamides is 1. The maximum absolute atomic E-state index is 10.9. The number of primary sulfonamides is 1. The van der Waals surface area contributed by atoms with Gasteiger partial charge in [-0.1, -0.05) is 30.3 Å². The van der Waals surface area contributed by atoms with Gasteiger partial charge in [-0.15, -0.1) is 24.0 Å². The van der Waals surface area contributed by atoms with Gasteiger partial charge in [0, 0.05) is 20.1 Å². The van der Waals surface area contributed by atoms with Crippen molar-refractivity contribution in [2.24, 2.45) is 10.1 Å².